The third kappa shape index (κ3) is 2.11. The second-order valence-corrected chi connectivity index (χ2v) is 6.07. The third-order valence-electron chi connectivity index (χ3n) is 2.55. The van der Waals surface area contributed by atoms with Crippen LogP contribution in [0.5, 0.6) is 0 Å². The fraction of sp³-hybridized carbons (Fsp3) is 0.462. The highest BCUT2D eigenvalue weighted by Gasteiger charge is 2.19. The zero-order chi connectivity index (χ0) is 11.8. The van der Waals surface area contributed by atoms with Crippen LogP contribution in [0.4, 0.5) is 0 Å². The average molecular weight is 234 g/mol. The predicted molar refractivity (Wildman–Crippen MR) is 71.1 cm³/mol. The molecule has 1 aromatic heterocycles. The number of nitrogens with two attached hydrogens (primary N) is 1. The Hall–Kier alpha value is -0.930. The minimum atomic E-state index is 0.129. The number of fused-ring (bicyclic) bond motifs is 1. The first-order chi connectivity index (χ1) is 7.52. The first-order valence-corrected chi connectivity index (χ1v) is 6.43. The van der Waals surface area contributed by atoms with Crippen LogP contribution in [0.1, 0.15) is 31.3 Å². The van der Waals surface area contributed by atoms with Gasteiger partial charge in [0.2, 0.25) is 0 Å². The number of hydrogen-bond acceptors (Lipinski definition) is 3. The summed E-state index contributed by atoms with van der Waals surface area (Å²) in [5.41, 5.74) is 8.20. The van der Waals surface area contributed by atoms with Crippen molar-refractivity contribution in [2.24, 2.45) is 5.73 Å². The highest BCUT2D eigenvalue weighted by molar-refractivity contribution is 7.18. The topological polar surface area (TPSA) is 38.9 Å². The Bertz CT molecular complexity index is 494. The molecule has 0 aliphatic rings. The van der Waals surface area contributed by atoms with Gasteiger partial charge in [0.15, 0.2) is 0 Å². The molecule has 3 heteroatoms. The predicted octanol–water partition coefficient (Wildman–Crippen LogP) is 3.10. The van der Waals surface area contributed by atoms with Gasteiger partial charge in [0.05, 0.1) is 15.2 Å². The standard InChI is InChI=1S/C13H18N2S/c1-13(2,3)12-15-10-6-4-5-9(7-8-14)11(10)16-12/h4-6H,7-8,14H2,1-3H3. The molecule has 0 saturated carbocycles. The minimum absolute atomic E-state index is 0.129. The highest BCUT2D eigenvalue weighted by Crippen LogP contribution is 2.32. The number of nitrogens with zero attached hydrogens (tertiary/aromatic N) is 1. The lowest BCUT2D eigenvalue weighted by Crippen LogP contribution is -2.09. The van der Waals surface area contributed by atoms with Gasteiger partial charge in [0, 0.05) is 5.41 Å². The monoisotopic (exact) mass is 234 g/mol. The maximum Gasteiger partial charge on any atom is 0.0992 e. The van der Waals surface area contributed by atoms with Crippen LogP contribution in [0.3, 0.4) is 0 Å². The summed E-state index contributed by atoms with van der Waals surface area (Å²) in [6.07, 6.45) is 0.934. The maximum atomic E-state index is 5.63. The summed E-state index contributed by atoms with van der Waals surface area (Å²) in [5, 5.41) is 1.20. The van der Waals surface area contributed by atoms with E-state index >= 15 is 0 Å². The molecule has 0 fully saturated rings. The van der Waals surface area contributed by atoms with Crippen LogP contribution in [-0.2, 0) is 11.8 Å². The van der Waals surface area contributed by atoms with Crippen LogP contribution >= 0.6 is 11.3 Å². The van der Waals surface area contributed by atoms with E-state index in [9.17, 15) is 0 Å². The second-order valence-electron chi connectivity index (χ2n) is 5.07. The van der Waals surface area contributed by atoms with E-state index in [4.69, 9.17) is 10.7 Å². The molecule has 1 heterocycles. The summed E-state index contributed by atoms with van der Waals surface area (Å²) in [7, 11) is 0. The van der Waals surface area contributed by atoms with Crippen molar-refractivity contribution in [1.82, 2.24) is 4.98 Å². The molecule has 2 rings (SSSR count). The van der Waals surface area contributed by atoms with Crippen molar-refractivity contribution in [1.29, 1.82) is 0 Å². The van der Waals surface area contributed by atoms with E-state index in [0.717, 1.165) is 11.9 Å². The third-order valence-corrected chi connectivity index (χ3v) is 4.12. The quantitative estimate of drug-likeness (QED) is 0.867. The summed E-state index contributed by atoms with van der Waals surface area (Å²) < 4.78 is 1.30. The van der Waals surface area contributed by atoms with Crippen LogP contribution in [0.25, 0.3) is 10.2 Å². The van der Waals surface area contributed by atoms with E-state index in [2.05, 4.69) is 39.0 Å². The van der Waals surface area contributed by atoms with Crippen molar-refractivity contribution >= 4 is 21.6 Å². The summed E-state index contributed by atoms with van der Waals surface area (Å²) in [6.45, 7) is 7.30. The fourth-order valence-corrected chi connectivity index (χ4v) is 2.84. The van der Waals surface area contributed by atoms with Gasteiger partial charge in [-0.05, 0) is 24.6 Å². The normalized spacial score (nSPS) is 12.2. The van der Waals surface area contributed by atoms with E-state index in [1.807, 2.05) is 0 Å². The van der Waals surface area contributed by atoms with Gasteiger partial charge in [0.1, 0.15) is 0 Å². The highest BCUT2D eigenvalue weighted by atomic mass is 32.1. The first-order valence-electron chi connectivity index (χ1n) is 5.61. The number of benzene rings is 1. The Morgan fingerprint density at radius 2 is 2.06 bits per heavy atom. The van der Waals surface area contributed by atoms with Crippen LogP contribution in [0, 0.1) is 0 Å². The molecule has 16 heavy (non-hydrogen) atoms. The molecule has 0 aliphatic heterocycles. The van der Waals surface area contributed by atoms with Gasteiger partial charge in [-0.1, -0.05) is 32.9 Å². The molecular formula is C13H18N2S. The summed E-state index contributed by atoms with van der Waals surface area (Å²) >= 11 is 1.80. The van der Waals surface area contributed by atoms with Crippen molar-refractivity contribution in [3.8, 4) is 0 Å². The molecule has 0 spiro atoms. The number of thiazole rings is 1. The van der Waals surface area contributed by atoms with Gasteiger partial charge in [-0.25, -0.2) is 4.98 Å². The summed E-state index contributed by atoms with van der Waals surface area (Å²) in [4.78, 5) is 4.70. The maximum absolute atomic E-state index is 5.63. The van der Waals surface area contributed by atoms with E-state index in [-0.39, 0.29) is 5.41 Å². The Balaban J connectivity index is 2.57. The molecule has 1 aromatic carbocycles. The van der Waals surface area contributed by atoms with Crippen LogP contribution < -0.4 is 5.73 Å². The Morgan fingerprint density at radius 1 is 1.31 bits per heavy atom. The van der Waals surface area contributed by atoms with Crippen molar-refractivity contribution in [3.63, 3.8) is 0 Å². The lowest BCUT2D eigenvalue weighted by atomic mass is 9.98. The average Bonchev–Trinajstić information content (AvgIpc) is 2.62. The van der Waals surface area contributed by atoms with Crippen molar-refractivity contribution in [2.75, 3.05) is 6.54 Å². The van der Waals surface area contributed by atoms with Gasteiger partial charge in [0.25, 0.3) is 0 Å². The smallest absolute Gasteiger partial charge is 0.0992 e. The second kappa shape index (κ2) is 4.15. The molecule has 0 unspecified atom stereocenters. The van der Waals surface area contributed by atoms with Gasteiger partial charge in [-0.15, -0.1) is 11.3 Å². The van der Waals surface area contributed by atoms with Crippen LogP contribution in [0.15, 0.2) is 18.2 Å². The molecule has 0 bridgehead atoms. The Kier molecular flexibility index (Phi) is 3.00. The summed E-state index contributed by atoms with van der Waals surface area (Å²) in [6, 6.07) is 6.31. The lowest BCUT2D eigenvalue weighted by molar-refractivity contribution is 0.587. The fourth-order valence-electron chi connectivity index (χ4n) is 1.68. The molecular weight excluding hydrogens is 216 g/mol. The van der Waals surface area contributed by atoms with Crippen molar-refractivity contribution < 1.29 is 0 Å². The largest absolute Gasteiger partial charge is 0.330 e. The van der Waals surface area contributed by atoms with Crippen LogP contribution in [0.2, 0.25) is 0 Å². The van der Waals surface area contributed by atoms with Crippen molar-refractivity contribution in [2.45, 2.75) is 32.6 Å². The summed E-state index contributed by atoms with van der Waals surface area (Å²) in [5.74, 6) is 0. The van der Waals surface area contributed by atoms with E-state index in [1.165, 1.54) is 15.3 Å². The molecule has 2 nitrogen and oxygen atoms in total. The molecule has 2 aromatic rings. The molecule has 86 valence electrons. The van der Waals surface area contributed by atoms with Gasteiger partial charge < -0.3 is 5.73 Å². The van der Waals surface area contributed by atoms with Gasteiger partial charge in [-0.2, -0.15) is 0 Å². The zero-order valence-corrected chi connectivity index (χ0v) is 10.9. The van der Waals surface area contributed by atoms with Gasteiger partial charge in [-0.3, -0.25) is 0 Å². The number of aromatic nitrogens is 1. The number of hydrogen-bond donors (Lipinski definition) is 1. The first kappa shape index (κ1) is 11.6. The minimum Gasteiger partial charge on any atom is -0.330 e. The Labute approximate surface area is 101 Å². The zero-order valence-electron chi connectivity index (χ0n) is 10.1. The lowest BCUT2D eigenvalue weighted by Gasteiger charge is -2.13. The SMILES string of the molecule is CC(C)(C)c1nc2cccc(CCN)c2s1. The van der Waals surface area contributed by atoms with E-state index < -0.39 is 0 Å². The molecule has 2 N–H and O–H groups in total. The molecule has 0 amide bonds. The number of rotatable bonds is 2. The van der Waals surface area contributed by atoms with Crippen molar-refractivity contribution in [3.05, 3.63) is 28.8 Å². The van der Waals surface area contributed by atoms with E-state index in [0.29, 0.717) is 6.54 Å². The molecule has 0 atom stereocenters. The van der Waals surface area contributed by atoms with Crippen LogP contribution in [-0.4, -0.2) is 11.5 Å². The molecule has 0 aliphatic carbocycles. The molecule has 0 saturated heterocycles. The Morgan fingerprint density at radius 3 is 2.69 bits per heavy atom. The van der Waals surface area contributed by atoms with Gasteiger partial charge >= 0.3 is 0 Å². The van der Waals surface area contributed by atoms with E-state index in [1.54, 1.807) is 11.3 Å². The molecule has 0 radical (unpaired) electrons.